The van der Waals surface area contributed by atoms with Gasteiger partial charge in [0.25, 0.3) is 0 Å². The lowest BCUT2D eigenvalue weighted by Crippen LogP contribution is -2.46. The molecule has 2 saturated carbocycles. The molecule has 1 amide bonds. The molecule has 118 valence electrons. The highest BCUT2D eigenvalue weighted by molar-refractivity contribution is 5.86. The van der Waals surface area contributed by atoms with E-state index in [1.807, 2.05) is 6.08 Å². The number of aliphatic hydroxyl groups excluding tert-OH is 1. The zero-order valence-electron chi connectivity index (χ0n) is 12.1. The molecule has 6 heteroatoms. The van der Waals surface area contributed by atoms with Crippen molar-refractivity contribution < 1.29 is 19.8 Å². The van der Waals surface area contributed by atoms with Gasteiger partial charge in [0.1, 0.15) is 0 Å². The third-order valence-electron chi connectivity index (χ3n) is 4.15. The van der Waals surface area contributed by atoms with Crippen LogP contribution in [0.15, 0.2) is 12.2 Å². The Morgan fingerprint density at radius 2 is 1.76 bits per heavy atom. The highest BCUT2D eigenvalue weighted by Gasteiger charge is 2.39. The normalized spacial score (nSPS) is 21.5. The molecule has 2 fully saturated rings. The smallest absolute Gasteiger partial charge is 0.305 e. The Labute approximate surface area is 124 Å². The molecule has 5 N–H and O–H groups in total. The SMILES string of the molecule is N[C@@H](CC(=O)O)C(=O)NC(C=CC(C1CC1)C1CC1)CO. The molecule has 0 bridgehead atoms. The molecule has 0 saturated heterocycles. The van der Waals surface area contributed by atoms with E-state index in [9.17, 15) is 14.7 Å². The van der Waals surface area contributed by atoms with Crippen LogP contribution in [0.2, 0.25) is 0 Å². The summed E-state index contributed by atoms with van der Waals surface area (Å²) >= 11 is 0. The Bertz CT molecular complexity index is 404. The van der Waals surface area contributed by atoms with Crippen molar-refractivity contribution in [2.24, 2.45) is 23.5 Å². The summed E-state index contributed by atoms with van der Waals surface area (Å²) in [6.07, 6.45) is 8.60. The van der Waals surface area contributed by atoms with Gasteiger partial charge in [-0.2, -0.15) is 0 Å². The van der Waals surface area contributed by atoms with Crippen LogP contribution >= 0.6 is 0 Å². The number of carbonyl (C=O) groups excluding carboxylic acids is 1. The van der Waals surface area contributed by atoms with Gasteiger partial charge in [-0.05, 0) is 43.4 Å². The topological polar surface area (TPSA) is 113 Å². The number of hydrogen-bond acceptors (Lipinski definition) is 4. The fourth-order valence-electron chi connectivity index (χ4n) is 2.65. The molecule has 1 unspecified atom stereocenters. The third kappa shape index (κ3) is 5.13. The minimum absolute atomic E-state index is 0.218. The molecule has 2 aliphatic carbocycles. The number of nitrogens with one attached hydrogen (secondary N) is 1. The van der Waals surface area contributed by atoms with Crippen LogP contribution in [0.4, 0.5) is 0 Å². The highest BCUT2D eigenvalue weighted by Crippen LogP contribution is 2.49. The summed E-state index contributed by atoms with van der Waals surface area (Å²) in [7, 11) is 0. The van der Waals surface area contributed by atoms with Gasteiger partial charge in [-0.1, -0.05) is 12.2 Å². The molecule has 0 aromatic rings. The Morgan fingerprint density at radius 3 is 2.19 bits per heavy atom. The Morgan fingerprint density at radius 1 is 1.19 bits per heavy atom. The molecule has 0 radical (unpaired) electrons. The number of carboxylic acid groups (broad SMARTS) is 1. The summed E-state index contributed by atoms with van der Waals surface area (Å²) in [6, 6.07) is -1.59. The van der Waals surface area contributed by atoms with Crippen molar-refractivity contribution in [1.29, 1.82) is 0 Å². The van der Waals surface area contributed by atoms with Gasteiger partial charge >= 0.3 is 5.97 Å². The summed E-state index contributed by atoms with van der Waals surface area (Å²) in [5, 5.41) is 20.5. The van der Waals surface area contributed by atoms with E-state index in [1.165, 1.54) is 25.7 Å². The molecule has 2 aliphatic rings. The average molecular weight is 296 g/mol. The fraction of sp³-hybridized carbons (Fsp3) is 0.733. The summed E-state index contributed by atoms with van der Waals surface area (Å²) < 4.78 is 0. The quantitative estimate of drug-likeness (QED) is 0.456. The lowest BCUT2D eigenvalue weighted by atomic mass is 9.96. The van der Waals surface area contributed by atoms with Crippen molar-refractivity contribution in [2.45, 2.75) is 44.2 Å². The van der Waals surface area contributed by atoms with E-state index in [0.717, 1.165) is 11.8 Å². The lowest BCUT2D eigenvalue weighted by Gasteiger charge is -2.17. The Balaban J connectivity index is 1.84. The maximum Gasteiger partial charge on any atom is 0.305 e. The number of amides is 1. The van der Waals surface area contributed by atoms with Gasteiger partial charge in [-0.25, -0.2) is 0 Å². The largest absolute Gasteiger partial charge is 0.481 e. The average Bonchev–Trinajstić information content (AvgIpc) is 3.28. The van der Waals surface area contributed by atoms with E-state index < -0.39 is 30.4 Å². The van der Waals surface area contributed by atoms with Crippen LogP contribution in [-0.2, 0) is 9.59 Å². The van der Waals surface area contributed by atoms with Crippen molar-refractivity contribution in [3.63, 3.8) is 0 Å². The van der Waals surface area contributed by atoms with Gasteiger partial charge in [0.2, 0.25) is 5.91 Å². The first-order valence-electron chi connectivity index (χ1n) is 7.58. The predicted octanol–water partition coefficient (Wildman–Crippen LogP) is 0.258. The molecule has 0 aliphatic heterocycles. The van der Waals surface area contributed by atoms with Gasteiger partial charge in [0.15, 0.2) is 0 Å². The number of nitrogens with two attached hydrogens (primary N) is 1. The molecular formula is C15H24N2O4. The molecule has 2 rings (SSSR count). The molecule has 0 spiro atoms. The number of hydrogen-bond donors (Lipinski definition) is 4. The Hall–Kier alpha value is -1.40. The first-order chi connectivity index (χ1) is 10.0. The lowest BCUT2D eigenvalue weighted by molar-refractivity contribution is -0.139. The van der Waals surface area contributed by atoms with E-state index in [4.69, 9.17) is 10.8 Å². The maximum absolute atomic E-state index is 11.7. The van der Waals surface area contributed by atoms with E-state index in [-0.39, 0.29) is 6.61 Å². The standard InChI is InChI=1S/C15H24N2O4/c16-13(7-14(19)20)15(21)17-11(8-18)5-6-12(9-1-2-9)10-3-4-10/h5-6,9-13,18H,1-4,7-8,16H2,(H,17,21)(H,19,20)/t11?,13-/m0/s1. The van der Waals surface area contributed by atoms with Crippen molar-refractivity contribution >= 4 is 11.9 Å². The van der Waals surface area contributed by atoms with Crippen molar-refractivity contribution in [2.75, 3.05) is 6.61 Å². The molecule has 0 aromatic carbocycles. The highest BCUT2D eigenvalue weighted by atomic mass is 16.4. The van der Waals surface area contributed by atoms with Crippen molar-refractivity contribution in [1.82, 2.24) is 5.32 Å². The number of rotatable bonds is 9. The second-order valence-corrected chi connectivity index (χ2v) is 6.14. The van der Waals surface area contributed by atoms with E-state index in [2.05, 4.69) is 11.4 Å². The van der Waals surface area contributed by atoms with Gasteiger partial charge < -0.3 is 21.3 Å². The van der Waals surface area contributed by atoms with Crippen LogP contribution in [0.3, 0.4) is 0 Å². The summed E-state index contributed by atoms with van der Waals surface area (Å²) in [5.41, 5.74) is 5.49. The van der Waals surface area contributed by atoms with Gasteiger partial charge in [0, 0.05) is 0 Å². The molecule has 6 nitrogen and oxygen atoms in total. The predicted molar refractivity (Wildman–Crippen MR) is 77.3 cm³/mol. The number of allylic oxidation sites excluding steroid dienone is 1. The van der Waals surface area contributed by atoms with Gasteiger partial charge in [0.05, 0.1) is 25.1 Å². The summed E-state index contributed by atoms with van der Waals surface area (Å²) in [6.45, 7) is -0.218. The van der Waals surface area contributed by atoms with Crippen LogP contribution in [0, 0.1) is 17.8 Å². The van der Waals surface area contributed by atoms with Crippen molar-refractivity contribution in [3.05, 3.63) is 12.2 Å². The Kier molecular flexibility index (Phi) is 5.36. The minimum Gasteiger partial charge on any atom is -0.481 e. The molecule has 0 aromatic heterocycles. The zero-order chi connectivity index (χ0) is 15.4. The van der Waals surface area contributed by atoms with Crippen LogP contribution in [0.5, 0.6) is 0 Å². The summed E-state index contributed by atoms with van der Waals surface area (Å²) in [5.74, 6) is 0.423. The summed E-state index contributed by atoms with van der Waals surface area (Å²) in [4.78, 5) is 22.3. The monoisotopic (exact) mass is 296 g/mol. The van der Waals surface area contributed by atoms with Crippen LogP contribution in [0.25, 0.3) is 0 Å². The van der Waals surface area contributed by atoms with Gasteiger partial charge in [-0.15, -0.1) is 0 Å². The number of carboxylic acids is 1. The number of aliphatic carboxylic acids is 1. The molecule has 2 atom stereocenters. The molecule has 21 heavy (non-hydrogen) atoms. The second kappa shape index (κ2) is 7.04. The minimum atomic E-state index is -1.11. The number of aliphatic hydroxyl groups is 1. The first kappa shape index (κ1) is 16.0. The van der Waals surface area contributed by atoms with Crippen LogP contribution in [0.1, 0.15) is 32.1 Å². The molecular weight excluding hydrogens is 272 g/mol. The first-order valence-corrected chi connectivity index (χ1v) is 7.58. The number of carbonyl (C=O) groups is 2. The fourth-order valence-corrected chi connectivity index (χ4v) is 2.65. The van der Waals surface area contributed by atoms with E-state index in [0.29, 0.717) is 5.92 Å². The van der Waals surface area contributed by atoms with Crippen LogP contribution in [-0.4, -0.2) is 40.8 Å². The van der Waals surface area contributed by atoms with Crippen LogP contribution < -0.4 is 11.1 Å². The maximum atomic E-state index is 11.7. The molecule has 0 heterocycles. The zero-order valence-corrected chi connectivity index (χ0v) is 12.1. The third-order valence-corrected chi connectivity index (χ3v) is 4.15. The van der Waals surface area contributed by atoms with Crippen molar-refractivity contribution in [3.8, 4) is 0 Å². The van der Waals surface area contributed by atoms with E-state index in [1.54, 1.807) is 0 Å². The second-order valence-electron chi connectivity index (χ2n) is 6.14. The van der Waals surface area contributed by atoms with E-state index >= 15 is 0 Å². The van der Waals surface area contributed by atoms with Gasteiger partial charge in [-0.3, -0.25) is 9.59 Å².